The van der Waals surface area contributed by atoms with Crippen molar-refractivity contribution in [1.82, 2.24) is 10.2 Å². The number of sulfone groups is 2. The highest BCUT2D eigenvalue weighted by Gasteiger charge is 2.46. The van der Waals surface area contributed by atoms with Crippen molar-refractivity contribution < 1.29 is 26.0 Å². The summed E-state index contributed by atoms with van der Waals surface area (Å²) < 4.78 is 62.9. The van der Waals surface area contributed by atoms with Crippen LogP contribution in [0.1, 0.15) is 36.6 Å². The summed E-state index contributed by atoms with van der Waals surface area (Å²) in [6, 6.07) is 7.64. The molecule has 1 N–H and O–H groups in total. The van der Waals surface area contributed by atoms with Crippen molar-refractivity contribution in [3.63, 3.8) is 0 Å². The molecule has 2 aliphatic heterocycles. The van der Waals surface area contributed by atoms with E-state index in [1.165, 1.54) is 19.6 Å². The fourth-order valence-corrected chi connectivity index (χ4v) is 9.70. The number of benzene rings is 1. The largest absolute Gasteiger partial charge is 0.496 e. The first-order valence-corrected chi connectivity index (χ1v) is 14.7. The van der Waals surface area contributed by atoms with E-state index in [-0.39, 0.29) is 22.4 Å². The van der Waals surface area contributed by atoms with Gasteiger partial charge in [0.2, 0.25) is 0 Å². The van der Waals surface area contributed by atoms with Crippen molar-refractivity contribution in [1.29, 1.82) is 0 Å². The second kappa shape index (κ2) is 9.77. The van der Waals surface area contributed by atoms with Crippen LogP contribution in [-0.4, -0.2) is 71.3 Å². The van der Waals surface area contributed by atoms with E-state index in [0.717, 1.165) is 31.7 Å². The number of methoxy groups -OCH3 is 1. The molecule has 2 saturated heterocycles. The SMILES string of the molecule is COc1ccc(S(=O)(=O)[C@H]2CS(=O)(=O)C[C@@H]2NCC(c2ccco2)N2CCCCC2)cc1C. The summed E-state index contributed by atoms with van der Waals surface area (Å²) in [7, 11) is -5.83. The summed E-state index contributed by atoms with van der Waals surface area (Å²) in [6.45, 7) is 4.05. The van der Waals surface area contributed by atoms with Gasteiger partial charge < -0.3 is 14.5 Å². The number of hydrogen-bond donors (Lipinski definition) is 1. The minimum Gasteiger partial charge on any atom is -0.496 e. The van der Waals surface area contributed by atoms with Gasteiger partial charge in [0.05, 0.1) is 41.1 Å². The second-order valence-electron chi connectivity index (χ2n) is 8.93. The van der Waals surface area contributed by atoms with Crippen molar-refractivity contribution >= 4 is 19.7 Å². The number of nitrogens with one attached hydrogen (secondary N) is 1. The van der Waals surface area contributed by atoms with Gasteiger partial charge in [-0.15, -0.1) is 0 Å². The first-order valence-electron chi connectivity index (χ1n) is 11.3. The van der Waals surface area contributed by atoms with Gasteiger partial charge in [-0.2, -0.15) is 0 Å². The lowest BCUT2D eigenvalue weighted by molar-refractivity contribution is 0.141. The van der Waals surface area contributed by atoms with Gasteiger partial charge in [0, 0.05) is 12.6 Å². The van der Waals surface area contributed by atoms with Crippen molar-refractivity contribution in [3.05, 3.63) is 47.9 Å². The third kappa shape index (κ3) is 5.29. The molecule has 4 rings (SSSR count). The summed E-state index contributed by atoms with van der Waals surface area (Å²) in [6.07, 6.45) is 5.02. The standard InChI is InChI=1S/C23H32N2O6S2/c1-17-13-18(8-9-21(17)30-2)33(28,29)23-16-32(26,27)15-19(23)24-14-20(22-7-6-12-31-22)25-10-4-3-5-11-25/h6-9,12-13,19-20,23-24H,3-5,10-11,14-16H2,1-2H3/t19-,20?,23-/m0/s1. The first-order chi connectivity index (χ1) is 15.7. The van der Waals surface area contributed by atoms with E-state index in [1.54, 1.807) is 25.3 Å². The molecular formula is C23H32N2O6S2. The first kappa shape index (κ1) is 24.3. The van der Waals surface area contributed by atoms with Gasteiger partial charge in [0.1, 0.15) is 11.5 Å². The Morgan fingerprint density at radius 3 is 2.58 bits per heavy atom. The summed E-state index contributed by atoms with van der Waals surface area (Å²) in [5.41, 5.74) is 0.687. The van der Waals surface area contributed by atoms with E-state index < -0.39 is 31.0 Å². The van der Waals surface area contributed by atoms with Gasteiger partial charge in [0.25, 0.3) is 0 Å². The Morgan fingerprint density at radius 2 is 1.94 bits per heavy atom. The van der Waals surface area contributed by atoms with Crippen LogP contribution in [0.4, 0.5) is 0 Å². The van der Waals surface area contributed by atoms with Crippen molar-refractivity contribution in [3.8, 4) is 5.75 Å². The lowest BCUT2D eigenvalue weighted by Gasteiger charge is -2.34. The topological polar surface area (TPSA) is 106 Å². The van der Waals surface area contributed by atoms with Gasteiger partial charge in [-0.05, 0) is 68.8 Å². The molecule has 3 atom stereocenters. The van der Waals surface area contributed by atoms with Crippen molar-refractivity contribution in [2.75, 3.05) is 38.2 Å². The summed E-state index contributed by atoms with van der Waals surface area (Å²) in [5, 5.41) is 2.25. The maximum atomic E-state index is 13.5. The number of ether oxygens (including phenoxy) is 1. The van der Waals surface area contributed by atoms with Gasteiger partial charge in [-0.3, -0.25) is 4.90 Å². The Balaban J connectivity index is 1.57. The van der Waals surface area contributed by atoms with Crippen LogP contribution in [0, 0.1) is 6.92 Å². The maximum Gasteiger partial charge on any atom is 0.183 e. The average Bonchev–Trinajstić information content (AvgIpc) is 3.42. The summed E-state index contributed by atoms with van der Waals surface area (Å²) >= 11 is 0. The zero-order chi connectivity index (χ0) is 23.6. The molecule has 0 saturated carbocycles. The van der Waals surface area contributed by atoms with Crippen molar-refractivity contribution in [2.45, 2.75) is 48.4 Å². The monoisotopic (exact) mass is 496 g/mol. The molecule has 8 nitrogen and oxygen atoms in total. The zero-order valence-electron chi connectivity index (χ0n) is 19.1. The van der Waals surface area contributed by atoms with Crippen molar-refractivity contribution in [2.24, 2.45) is 0 Å². The summed E-state index contributed by atoms with van der Waals surface area (Å²) in [5.74, 6) is 0.811. The van der Waals surface area contributed by atoms with Gasteiger partial charge in [-0.25, -0.2) is 16.8 Å². The third-order valence-corrected chi connectivity index (χ3v) is 10.8. The number of nitrogens with zero attached hydrogens (tertiary/aromatic N) is 1. The Kier molecular flexibility index (Phi) is 7.18. The molecule has 1 aromatic carbocycles. The van der Waals surface area contributed by atoms with E-state index >= 15 is 0 Å². The van der Waals surface area contributed by atoms with E-state index in [9.17, 15) is 16.8 Å². The number of rotatable bonds is 8. The van der Waals surface area contributed by atoms with Gasteiger partial charge >= 0.3 is 0 Å². The Hall–Kier alpha value is -1.88. The van der Waals surface area contributed by atoms with Crippen LogP contribution in [-0.2, 0) is 19.7 Å². The number of piperidine rings is 1. The zero-order valence-corrected chi connectivity index (χ0v) is 20.7. The molecule has 182 valence electrons. The second-order valence-corrected chi connectivity index (χ2v) is 13.3. The van der Waals surface area contributed by atoms with E-state index in [1.807, 2.05) is 12.1 Å². The Bertz CT molecular complexity index is 1160. The maximum absolute atomic E-state index is 13.5. The molecule has 33 heavy (non-hydrogen) atoms. The Labute approximate surface area is 196 Å². The molecule has 0 spiro atoms. The Morgan fingerprint density at radius 1 is 1.18 bits per heavy atom. The van der Waals surface area contributed by atoms with E-state index in [2.05, 4.69) is 10.2 Å². The quantitative estimate of drug-likeness (QED) is 0.594. The predicted octanol–water partition coefficient (Wildman–Crippen LogP) is 2.35. The molecule has 1 unspecified atom stereocenters. The molecule has 0 amide bonds. The van der Waals surface area contributed by atoms with Crippen LogP contribution in [0.15, 0.2) is 45.9 Å². The van der Waals surface area contributed by atoms with Crippen LogP contribution < -0.4 is 10.1 Å². The predicted molar refractivity (Wildman–Crippen MR) is 126 cm³/mol. The molecule has 10 heteroatoms. The molecule has 0 radical (unpaired) electrons. The van der Waals surface area contributed by atoms with Gasteiger partial charge in [-0.1, -0.05) is 6.42 Å². The smallest absolute Gasteiger partial charge is 0.183 e. The van der Waals surface area contributed by atoms with E-state index in [4.69, 9.17) is 9.15 Å². The fourth-order valence-electron chi connectivity index (χ4n) is 4.90. The average molecular weight is 497 g/mol. The van der Waals surface area contributed by atoms with Crippen LogP contribution in [0.3, 0.4) is 0 Å². The van der Waals surface area contributed by atoms with Crippen LogP contribution in [0.25, 0.3) is 0 Å². The number of likely N-dealkylation sites (tertiary alicyclic amines) is 1. The highest BCUT2D eigenvalue weighted by atomic mass is 32.2. The minimum absolute atomic E-state index is 0.0739. The number of aryl methyl sites for hydroxylation is 1. The minimum atomic E-state index is -3.87. The fraction of sp³-hybridized carbons (Fsp3) is 0.565. The molecule has 1 aromatic heterocycles. The molecule has 2 aromatic rings. The highest BCUT2D eigenvalue weighted by Crippen LogP contribution is 2.30. The number of hydrogen-bond acceptors (Lipinski definition) is 8. The number of furan rings is 1. The summed E-state index contributed by atoms with van der Waals surface area (Å²) in [4.78, 5) is 2.45. The molecule has 2 aliphatic rings. The van der Waals surface area contributed by atoms with Gasteiger partial charge in [0.15, 0.2) is 19.7 Å². The molecule has 0 aliphatic carbocycles. The highest BCUT2D eigenvalue weighted by molar-refractivity contribution is 7.96. The van der Waals surface area contributed by atoms with Crippen LogP contribution >= 0.6 is 0 Å². The van der Waals surface area contributed by atoms with Crippen LogP contribution in [0.2, 0.25) is 0 Å². The lowest BCUT2D eigenvalue weighted by atomic mass is 10.1. The van der Waals surface area contributed by atoms with Crippen LogP contribution in [0.5, 0.6) is 5.75 Å². The van der Waals surface area contributed by atoms with E-state index in [0.29, 0.717) is 17.9 Å². The third-order valence-electron chi connectivity index (χ3n) is 6.67. The molecule has 0 bridgehead atoms. The molecule has 2 fully saturated rings. The normalized spacial score (nSPS) is 24.5. The molecule has 3 heterocycles. The lowest BCUT2D eigenvalue weighted by Crippen LogP contribution is -2.47. The molecular weight excluding hydrogens is 464 g/mol.